The van der Waals surface area contributed by atoms with Crippen molar-refractivity contribution in [3.63, 3.8) is 0 Å². The Labute approximate surface area is 145 Å². The second kappa shape index (κ2) is 6.16. The number of aryl methyl sites for hydroxylation is 1. The van der Waals surface area contributed by atoms with Gasteiger partial charge in [0.05, 0.1) is 10.2 Å². The molecule has 0 spiro atoms. The van der Waals surface area contributed by atoms with Gasteiger partial charge in [-0.15, -0.1) is 0 Å². The van der Waals surface area contributed by atoms with Gasteiger partial charge < -0.3 is 10.3 Å². The van der Waals surface area contributed by atoms with Crippen LogP contribution in [0.25, 0.3) is 10.2 Å². The van der Waals surface area contributed by atoms with E-state index in [1.54, 1.807) is 4.57 Å². The molecule has 1 aliphatic heterocycles. The number of fused-ring (bicyclic) bond motifs is 1. The fraction of sp³-hybridized carbons (Fsp3) is 0.316. The Morgan fingerprint density at radius 3 is 2.75 bits per heavy atom. The molecule has 24 heavy (non-hydrogen) atoms. The van der Waals surface area contributed by atoms with Gasteiger partial charge in [-0.25, -0.2) is 0 Å². The van der Waals surface area contributed by atoms with Gasteiger partial charge in [0.15, 0.2) is 0 Å². The van der Waals surface area contributed by atoms with E-state index in [-0.39, 0.29) is 10.9 Å². The average Bonchev–Trinajstić information content (AvgIpc) is 3.08. The number of benzene rings is 2. The maximum absolute atomic E-state index is 11.8. The zero-order chi connectivity index (χ0) is 16.7. The van der Waals surface area contributed by atoms with Crippen molar-refractivity contribution in [3.05, 3.63) is 69.3 Å². The molecular weight excluding hydrogens is 318 g/mol. The number of hydrogen-bond donors (Lipinski definition) is 1. The van der Waals surface area contributed by atoms with Gasteiger partial charge in [-0.1, -0.05) is 47.7 Å². The van der Waals surface area contributed by atoms with Crippen LogP contribution in [-0.4, -0.2) is 28.6 Å². The minimum atomic E-state index is 0.0921. The van der Waals surface area contributed by atoms with Crippen LogP contribution < -0.4 is 10.6 Å². The predicted molar refractivity (Wildman–Crippen MR) is 99.5 cm³/mol. The normalized spacial score (nSPS) is 21.6. The number of thiazole rings is 1. The van der Waals surface area contributed by atoms with Crippen molar-refractivity contribution in [1.29, 1.82) is 0 Å². The molecule has 0 bridgehead atoms. The van der Waals surface area contributed by atoms with Crippen LogP contribution in [0.5, 0.6) is 0 Å². The molecule has 124 valence electrons. The Kier molecular flexibility index (Phi) is 4.00. The summed E-state index contributed by atoms with van der Waals surface area (Å²) in [6, 6.07) is 17.0. The van der Waals surface area contributed by atoms with E-state index >= 15 is 0 Å². The monoisotopic (exact) mass is 339 g/mol. The van der Waals surface area contributed by atoms with Crippen molar-refractivity contribution in [1.82, 2.24) is 9.47 Å². The lowest BCUT2D eigenvalue weighted by atomic mass is 9.95. The third kappa shape index (κ3) is 2.79. The van der Waals surface area contributed by atoms with Crippen LogP contribution >= 0.6 is 11.3 Å². The molecule has 2 atom stereocenters. The standard InChI is InChI=1S/C19H21N3OS/c1-21-17-8-7-13(9-18(17)24-19(21)23)10-22-11-15(16(20)12-22)14-5-3-2-4-6-14/h2-9,15-16H,10-12,20H2,1H3/t15-,16+/m0/s1. The molecule has 1 saturated heterocycles. The van der Waals surface area contributed by atoms with Crippen LogP contribution in [0.1, 0.15) is 17.0 Å². The highest BCUT2D eigenvalue weighted by atomic mass is 32.1. The molecule has 2 heterocycles. The molecule has 4 nitrogen and oxygen atoms in total. The molecule has 0 radical (unpaired) electrons. The van der Waals surface area contributed by atoms with Gasteiger partial charge in [0.2, 0.25) is 0 Å². The van der Waals surface area contributed by atoms with Gasteiger partial charge in [0, 0.05) is 38.6 Å². The summed E-state index contributed by atoms with van der Waals surface area (Å²) in [5, 5.41) is 0. The Morgan fingerprint density at radius 1 is 1.17 bits per heavy atom. The molecule has 0 unspecified atom stereocenters. The smallest absolute Gasteiger partial charge is 0.307 e. The summed E-state index contributed by atoms with van der Waals surface area (Å²) >= 11 is 1.31. The quantitative estimate of drug-likeness (QED) is 0.798. The molecule has 2 N–H and O–H groups in total. The SMILES string of the molecule is Cn1c(=O)sc2cc(CN3C[C@@H](N)[C@H](c4ccccc4)C3)ccc21. The highest BCUT2D eigenvalue weighted by molar-refractivity contribution is 7.16. The van der Waals surface area contributed by atoms with E-state index in [1.165, 1.54) is 22.5 Å². The highest BCUT2D eigenvalue weighted by Crippen LogP contribution is 2.28. The highest BCUT2D eigenvalue weighted by Gasteiger charge is 2.31. The molecule has 1 aliphatic rings. The van der Waals surface area contributed by atoms with E-state index in [4.69, 9.17) is 5.73 Å². The van der Waals surface area contributed by atoms with Crippen LogP contribution in [-0.2, 0) is 13.6 Å². The van der Waals surface area contributed by atoms with Crippen LogP contribution in [0.4, 0.5) is 0 Å². The van der Waals surface area contributed by atoms with Crippen LogP contribution in [0, 0.1) is 0 Å². The van der Waals surface area contributed by atoms with Gasteiger partial charge in [-0.3, -0.25) is 9.69 Å². The van der Waals surface area contributed by atoms with Crippen molar-refractivity contribution in [2.24, 2.45) is 12.8 Å². The average molecular weight is 339 g/mol. The van der Waals surface area contributed by atoms with Gasteiger partial charge >= 0.3 is 4.87 Å². The van der Waals surface area contributed by atoms with E-state index in [2.05, 4.69) is 41.3 Å². The Bertz CT molecular complexity index is 915. The van der Waals surface area contributed by atoms with E-state index < -0.39 is 0 Å². The number of hydrogen-bond acceptors (Lipinski definition) is 4. The molecule has 2 aromatic carbocycles. The van der Waals surface area contributed by atoms with Gasteiger partial charge in [-0.2, -0.15) is 0 Å². The predicted octanol–water partition coefficient (Wildman–Crippen LogP) is 2.53. The lowest BCUT2D eigenvalue weighted by Gasteiger charge is -2.16. The molecule has 0 saturated carbocycles. The second-order valence-corrected chi connectivity index (χ2v) is 7.60. The van der Waals surface area contributed by atoms with E-state index in [9.17, 15) is 4.79 Å². The number of aromatic nitrogens is 1. The third-order valence-corrected chi connectivity index (χ3v) is 5.93. The first kappa shape index (κ1) is 15.6. The Hall–Kier alpha value is -1.95. The minimum absolute atomic E-state index is 0.0921. The summed E-state index contributed by atoms with van der Waals surface area (Å²) in [6.45, 7) is 2.76. The summed E-state index contributed by atoms with van der Waals surface area (Å²) in [5.74, 6) is 0.391. The first-order valence-electron chi connectivity index (χ1n) is 8.23. The van der Waals surface area contributed by atoms with E-state index in [1.807, 2.05) is 19.2 Å². The van der Waals surface area contributed by atoms with Crippen molar-refractivity contribution >= 4 is 21.6 Å². The summed E-state index contributed by atoms with van der Waals surface area (Å²) in [7, 11) is 1.82. The van der Waals surface area contributed by atoms with Crippen molar-refractivity contribution in [2.75, 3.05) is 13.1 Å². The lowest BCUT2D eigenvalue weighted by molar-refractivity contribution is 0.324. The number of likely N-dealkylation sites (tertiary alicyclic amines) is 1. The largest absolute Gasteiger partial charge is 0.326 e. The summed E-state index contributed by atoms with van der Waals surface area (Å²) in [4.78, 5) is 14.3. The van der Waals surface area contributed by atoms with Crippen LogP contribution in [0.2, 0.25) is 0 Å². The molecule has 5 heteroatoms. The maximum Gasteiger partial charge on any atom is 0.307 e. The Balaban J connectivity index is 1.53. The van der Waals surface area contributed by atoms with Gasteiger partial charge in [0.1, 0.15) is 0 Å². The zero-order valence-corrected chi connectivity index (χ0v) is 14.5. The molecule has 1 fully saturated rings. The van der Waals surface area contributed by atoms with E-state index in [0.717, 1.165) is 29.9 Å². The fourth-order valence-corrected chi connectivity index (χ4v) is 4.57. The lowest BCUT2D eigenvalue weighted by Crippen LogP contribution is -2.28. The van der Waals surface area contributed by atoms with Crippen molar-refractivity contribution in [3.8, 4) is 0 Å². The van der Waals surface area contributed by atoms with Crippen molar-refractivity contribution in [2.45, 2.75) is 18.5 Å². The summed E-state index contributed by atoms with van der Waals surface area (Å²) < 4.78 is 2.77. The number of nitrogens with two attached hydrogens (primary N) is 1. The number of rotatable bonds is 3. The molecule has 1 aromatic heterocycles. The van der Waals surface area contributed by atoms with Crippen molar-refractivity contribution < 1.29 is 0 Å². The van der Waals surface area contributed by atoms with Crippen LogP contribution in [0.15, 0.2) is 53.3 Å². The molecule has 4 rings (SSSR count). The molecular formula is C19H21N3OS. The minimum Gasteiger partial charge on any atom is -0.326 e. The first-order chi connectivity index (χ1) is 11.6. The molecule has 3 aromatic rings. The summed E-state index contributed by atoms with van der Waals surface area (Å²) in [6.07, 6.45) is 0. The fourth-order valence-electron chi connectivity index (χ4n) is 3.63. The zero-order valence-electron chi connectivity index (χ0n) is 13.7. The number of nitrogens with zero attached hydrogens (tertiary/aromatic N) is 2. The molecule has 0 amide bonds. The molecule has 0 aliphatic carbocycles. The van der Waals surface area contributed by atoms with Gasteiger partial charge in [-0.05, 0) is 23.3 Å². The van der Waals surface area contributed by atoms with Crippen LogP contribution in [0.3, 0.4) is 0 Å². The Morgan fingerprint density at radius 2 is 1.96 bits per heavy atom. The second-order valence-electron chi connectivity index (χ2n) is 6.60. The topological polar surface area (TPSA) is 51.3 Å². The maximum atomic E-state index is 11.8. The van der Waals surface area contributed by atoms with Gasteiger partial charge in [0.25, 0.3) is 0 Å². The third-order valence-electron chi connectivity index (χ3n) is 4.93. The summed E-state index contributed by atoms with van der Waals surface area (Å²) in [5.41, 5.74) is 9.96. The van der Waals surface area contributed by atoms with E-state index in [0.29, 0.717) is 5.92 Å². The first-order valence-corrected chi connectivity index (χ1v) is 9.05.